The van der Waals surface area contributed by atoms with Gasteiger partial charge >= 0.3 is 0 Å². The Morgan fingerprint density at radius 3 is 2.36 bits per heavy atom. The highest BCUT2D eigenvalue weighted by Crippen LogP contribution is 2.28. The molecule has 1 N–H and O–H groups in total. The number of methoxy groups -OCH3 is 1. The zero-order chi connectivity index (χ0) is 24.3. The Kier molecular flexibility index (Phi) is 6.89. The van der Waals surface area contributed by atoms with Crippen LogP contribution in [-0.4, -0.2) is 33.4 Å². The highest BCUT2D eigenvalue weighted by atomic mass is 35.5. The zero-order valence-electron chi connectivity index (χ0n) is 17.9. The van der Waals surface area contributed by atoms with E-state index in [2.05, 4.69) is 5.32 Å². The van der Waals surface area contributed by atoms with E-state index in [0.29, 0.717) is 17.0 Å². The Balaban J connectivity index is 1.93. The first-order valence-electron chi connectivity index (χ1n) is 9.53. The normalized spacial score (nSPS) is 11.0. The number of halogens is 1. The van der Waals surface area contributed by atoms with E-state index in [1.807, 2.05) is 0 Å². The minimum Gasteiger partial charge on any atom is -0.497 e. The number of aryl methyl sites for hydroxylation is 1. The fourth-order valence-corrected chi connectivity index (χ4v) is 4.40. The molecule has 172 valence electrons. The first-order chi connectivity index (χ1) is 15.5. The molecular weight excluding hydrogens is 470 g/mol. The fraction of sp³-hybridized carbons (Fsp3) is 0.136. The number of amides is 1. The van der Waals surface area contributed by atoms with Crippen LogP contribution >= 0.6 is 11.6 Å². The molecule has 0 atom stereocenters. The van der Waals surface area contributed by atoms with Crippen molar-refractivity contribution in [3.8, 4) is 5.75 Å². The first kappa shape index (κ1) is 24.0. The topological polar surface area (TPSA) is 119 Å². The molecular formula is C22H20ClN3O6S. The maximum Gasteiger partial charge on any atom is 0.271 e. The lowest BCUT2D eigenvalue weighted by Crippen LogP contribution is -2.27. The van der Waals surface area contributed by atoms with E-state index in [4.69, 9.17) is 16.3 Å². The van der Waals surface area contributed by atoms with Crippen molar-refractivity contribution in [1.82, 2.24) is 0 Å². The number of nitro groups is 1. The molecule has 0 bridgehead atoms. The molecule has 9 nitrogen and oxygen atoms in total. The van der Waals surface area contributed by atoms with Crippen LogP contribution in [0.25, 0.3) is 0 Å². The number of carbonyl (C=O) groups is 1. The number of ether oxygens (including phenoxy) is 1. The summed E-state index contributed by atoms with van der Waals surface area (Å²) >= 11 is 6.17. The number of non-ortho nitro benzene ring substituents is 1. The van der Waals surface area contributed by atoms with Gasteiger partial charge in [-0.3, -0.25) is 19.2 Å². The number of hydrogen-bond acceptors (Lipinski definition) is 6. The van der Waals surface area contributed by atoms with Gasteiger partial charge in [-0.05, 0) is 55.0 Å². The zero-order valence-corrected chi connectivity index (χ0v) is 19.5. The molecule has 3 aromatic carbocycles. The second kappa shape index (κ2) is 9.47. The Hall–Kier alpha value is -3.63. The third kappa shape index (κ3) is 5.07. The van der Waals surface area contributed by atoms with Gasteiger partial charge in [-0.1, -0.05) is 17.7 Å². The Morgan fingerprint density at radius 1 is 1.09 bits per heavy atom. The smallest absolute Gasteiger partial charge is 0.271 e. The number of benzene rings is 3. The quantitative estimate of drug-likeness (QED) is 0.381. The van der Waals surface area contributed by atoms with Crippen LogP contribution in [0, 0.1) is 17.0 Å². The molecule has 0 aliphatic carbocycles. The van der Waals surface area contributed by atoms with Gasteiger partial charge in [0.1, 0.15) is 5.75 Å². The summed E-state index contributed by atoms with van der Waals surface area (Å²) in [6, 6.07) is 14.3. The number of carbonyl (C=O) groups excluding carboxylic acids is 1. The van der Waals surface area contributed by atoms with E-state index in [-0.39, 0.29) is 26.9 Å². The molecule has 3 rings (SSSR count). The summed E-state index contributed by atoms with van der Waals surface area (Å²) in [7, 11) is -1.13. The van der Waals surface area contributed by atoms with Crippen LogP contribution in [0.4, 0.5) is 17.1 Å². The lowest BCUT2D eigenvalue weighted by atomic mass is 10.1. The van der Waals surface area contributed by atoms with Gasteiger partial charge in [0.15, 0.2) is 0 Å². The van der Waals surface area contributed by atoms with Crippen LogP contribution in [0.2, 0.25) is 5.02 Å². The van der Waals surface area contributed by atoms with Crippen molar-refractivity contribution >= 4 is 44.6 Å². The van der Waals surface area contributed by atoms with Gasteiger partial charge in [-0.25, -0.2) is 8.42 Å². The molecule has 0 heterocycles. The number of hydrogen-bond donors (Lipinski definition) is 1. The third-order valence-corrected chi connectivity index (χ3v) is 7.07. The SMILES string of the molecule is COc1ccc(N(C)S(=O)(=O)c2ccc(Cl)c(C(=O)Nc3cc([N+](=O)[O-])ccc3C)c2)cc1. The van der Waals surface area contributed by atoms with Crippen LogP contribution in [0.3, 0.4) is 0 Å². The number of nitro benzene ring substituents is 1. The molecule has 0 radical (unpaired) electrons. The highest BCUT2D eigenvalue weighted by Gasteiger charge is 2.24. The largest absolute Gasteiger partial charge is 0.497 e. The lowest BCUT2D eigenvalue weighted by molar-refractivity contribution is -0.384. The summed E-state index contributed by atoms with van der Waals surface area (Å²) in [6.07, 6.45) is 0. The number of nitrogens with zero attached hydrogens (tertiary/aromatic N) is 2. The Labute approximate surface area is 195 Å². The maximum absolute atomic E-state index is 13.2. The first-order valence-corrected chi connectivity index (χ1v) is 11.4. The molecule has 0 unspecified atom stereocenters. The molecule has 3 aromatic rings. The van der Waals surface area contributed by atoms with Gasteiger partial charge in [0, 0.05) is 19.2 Å². The van der Waals surface area contributed by atoms with Gasteiger partial charge in [-0.15, -0.1) is 0 Å². The predicted molar refractivity (Wildman–Crippen MR) is 126 cm³/mol. The van der Waals surface area contributed by atoms with Crippen molar-refractivity contribution in [2.24, 2.45) is 0 Å². The van der Waals surface area contributed by atoms with Crippen LogP contribution in [0.1, 0.15) is 15.9 Å². The third-order valence-electron chi connectivity index (χ3n) is 4.96. The van der Waals surface area contributed by atoms with E-state index >= 15 is 0 Å². The van der Waals surface area contributed by atoms with Crippen molar-refractivity contribution in [1.29, 1.82) is 0 Å². The van der Waals surface area contributed by atoms with E-state index in [1.54, 1.807) is 31.2 Å². The fourth-order valence-electron chi connectivity index (χ4n) is 2.98. The molecule has 0 spiro atoms. The van der Waals surface area contributed by atoms with Crippen molar-refractivity contribution in [3.63, 3.8) is 0 Å². The summed E-state index contributed by atoms with van der Waals surface area (Å²) in [6.45, 7) is 1.67. The molecule has 33 heavy (non-hydrogen) atoms. The van der Waals surface area contributed by atoms with Crippen LogP contribution in [0.5, 0.6) is 5.75 Å². The van der Waals surface area contributed by atoms with E-state index in [0.717, 1.165) is 4.31 Å². The molecule has 11 heteroatoms. The van der Waals surface area contributed by atoms with Crippen molar-refractivity contribution in [2.75, 3.05) is 23.8 Å². The molecule has 1 amide bonds. The number of nitrogens with one attached hydrogen (secondary N) is 1. The minimum atomic E-state index is -4.02. The number of sulfonamides is 1. The van der Waals surface area contributed by atoms with E-state index in [9.17, 15) is 23.3 Å². The van der Waals surface area contributed by atoms with Gasteiger partial charge < -0.3 is 10.1 Å². The van der Waals surface area contributed by atoms with Crippen molar-refractivity contribution < 1.29 is 22.9 Å². The standard InChI is InChI=1S/C22H20ClN3O6S/c1-14-4-5-16(26(28)29)12-21(14)24-22(27)19-13-18(10-11-20(19)23)33(30,31)25(2)15-6-8-17(32-3)9-7-15/h4-13H,1-3H3,(H,24,27). The second-order valence-electron chi connectivity index (χ2n) is 7.02. The molecule has 0 aliphatic heterocycles. The van der Waals surface area contributed by atoms with Crippen LogP contribution in [-0.2, 0) is 10.0 Å². The lowest BCUT2D eigenvalue weighted by Gasteiger charge is -2.20. The average Bonchev–Trinajstić information content (AvgIpc) is 2.79. The predicted octanol–water partition coefficient (Wildman–Crippen LogP) is 4.64. The summed E-state index contributed by atoms with van der Waals surface area (Å²) in [5, 5.41) is 13.6. The van der Waals surface area contributed by atoms with Crippen molar-refractivity contribution in [2.45, 2.75) is 11.8 Å². The number of anilines is 2. The van der Waals surface area contributed by atoms with Gasteiger partial charge in [0.05, 0.1) is 38.9 Å². The molecule has 0 saturated heterocycles. The summed E-state index contributed by atoms with van der Waals surface area (Å²) in [5.41, 5.74) is 0.914. The van der Waals surface area contributed by atoms with Crippen LogP contribution in [0.15, 0.2) is 65.6 Å². The second-order valence-corrected chi connectivity index (χ2v) is 9.40. The molecule has 0 saturated carbocycles. The molecule has 0 fully saturated rings. The minimum absolute atomic E-state index is 0.0293. The monoisotopic (exact) mass is 489 g/mol. The Morgan fingerprint density at radius 2 is 1.76 bits per heavy atom. The van der Waals surface area contributed by atoms with E-state index in [1.165, 1.54) is 50.6 Å². The van der Waals surface area contributed by atoms with Crippen LogP contribution < -0.4 is 14.4 Å². The average molecular weight is 490 g/mol. The summed E-state index contributed by atoms with van der Waals surface area (Å²) in [4.78, 5) is 23.2. The number of rotatable bonds is 7. The molecule has 0 aliphatic rings. The van der Waals surface area contributed by atoms with Gasteiger partial charge in [0.2, 0.25) is 0 Å². The van der Waals surface area contributed by atoms with Crippen molar-refractivity contribution in [3.05, 3.63) is 86.9 Å². The summed E-state index contributed by atoms with van der Waals surface area (Å²) < 4.78 is 32.5. The van der Waals surface area contributed by atoms with Gasteiger partial charge in [0.25, 0.3) is 21.6 Å². The van der Waals surface area contributed by atoms with E-state index < -0.39 is 20.9 Å². The highest BCUT2D eigenvalue weighted by molar-refractivity contribution is 7.92. The summed E-state index contributed by atoms with van der Waals surface area (Å²) in [5.74, 6) is -0.126. The Bertz CT molecular complexity index is 1330. The molecule has 0 aromatic heterocycles. The maximum atomic E-state index is 13.2. The van der Waals surface area contributed by atoms with Gasteiger partial charge in [-0.2, -0.15) is 0 Å².